The van der Waals surface area contributed by atoms with Gasteiger partial charge in [-0.1, -0.05) is 35.9 Å². The minimum Gasteiger partial charge on any atom is -0.336 e. The number of hydrogen-bond donors (Lipinski definition) is 0. The second-order valence-corrected chi connectivity index (χ2v) is 9.15. The fourth-order valence-electron chi connectivity index (χ4n) is 4.41. The van der Waals surface area contributed by atoms with Crippen LogP contribution < -0.4 is 0 Å². The minimum atomic E-state index is 0.120. The highest BCUT2D eigenvalue weighted by Gasteiger charge is 2.24. The van der Waals surface area contributed by atoms with Gasteiger partial charge in [-0.15, -0.1) is 0 Å². The van der Waals surface area contributed by atoms with Crippen LogP contribution in [0.5, 0.6) is 0 Å². The molecule has 1 amide bonds. The Kier molecular flexibility index (Phi) is 5.92. The van der Waals surface area contributed by atoms with Gasteiger partial charge < -0.3 is 9.30 Å². The van der Waals surface area contributed by atoms with Gasteiger partial charge in [0.15, 0.2) is 0 Å². The molecule has 0 spiro atoms. The number of rotatable bonds is 4. The third kappa shape index (κ3) is 4.39. The number of amides is 1. The van der Waals surface area contributed by atoms with E-state index in [1.54, 1.807) is 0 Å². The molecule has 1 saturated heterocycles. The van der Waals surface area contributed by atoms with Gasteiger partial charge >= 0.3 is 0 Å². The first-order chi connectivity index (χ1) is 16.0. The van der Waals surface area contributed by atoms with Gasteiger partial charge in [-0.05, 0) is 61.4 Å². The Labute approximate surface area is 199 Å². The quantitative estimate of drug-likeness (QED) is 0.420. The highest BCUT2D eigenvalue weighted by atomic mass is 35.5. The van der Waals surface area contributed by atoms with Crippen LogP contribution in [0, 0.1) is 13.8 Å². The SMILES string of the molecule is Cc1ccc(C(=O)N2CCN(Cc3c(-c4ccc(Cl)cc4)nc4ccccn34)CC2)cc1C. The van der Waals surface area contributed by atoms with Crippen LogP contribution in [-0.4, -0.2) is 51.3 Å². The maximum Gasteiger partial charge on any atom is 0.253 e. The normalized spacial score (nSPS) is 14.7. The predicted octanol–water partition coefficient (Wildman–Crippen LogP) is 5.23. The van der Waals surface area contributed by atoms with Crippen LogP contribution >= 0.6 is 11.6 Å². The molecule has 0 aliphatic carbocycles. The van der Waals surface area contributed by atoms with Gasteiger partial charge in [0, 0.05) is 55.1 Å². The summed E-state index contributed by atoms with van der Waals surface area (Å²) >= 11 is 6.11. The predicted molar refractivity (Wildman–Crippen MR) is 133 cm³/mol. The molecule has 33 heavy (non-hydrogen) atoms. The molecule has 2 aromatic heterocycles. The fourth-order valence-corrected chi connectivity index (χ4v) is 4.54. The molecule has 3 heterocycles. The maximum atomic E-state index is 13.0. The van der Waals surface area contributed by atoms with Gasteiger partial charge in [-0.2, -0.15) is 0 Å². The minimum absolute atomic E-state index is 0.120. The molecule has 0 bridgehead atoms. The van der Waals surface area contributed by atoms with Crippen LogP contribution in [0.25, 0.3) is 16.9 Å². The largest absolute Gasteiger partial charge is 0.336 e. The number of piperazine rings is 1. The molecule has 5 rings (SSSR count). The zero-order chi connectivity index (χ0) is 22.9. The standard InChI is InChI=1S/C27H27ClN4O/c1-19-6-7-22(17-20(19)2)27(33)31-15-13-30(14-16-31)18-24-26(21-8-10-23(28)11-9-21)29-25-5-3-4-12-32(24)25/h3-12,17H,13-16,18H2,1-2H3. The van der Waals surface area contributed by atoms with Crippen molar-refractivity contribution < 1.29 is 4.79 Å². The van der Waals surface area contributed by atoms with Crippen LogP contribution in [0.1, 0.15) is 27.2 Å². The number of pyridine rings is 1. The topological polar surface area (TPSA) is 40.9 Å². The monoisotopic (exact) mass is 458 g/mol. The van der Waals surface area contributed by atoms with E-state index in [4.69, 9.17) is 16.6 Å². The zero-order valence-electron chi connectivity index (χ0n) is 19.0. The van der Waals surface area contributed by atoms with Gasteiger partial charge in [0.1, 0.15) is 5.65 Å². The summed E-state index contributed by atoms with van der Waals surface area (Å²) in [5, 5.41) is 0.716. The number of fused-ring (bicyclic) bond motifs is 1. The summed E-state index contributed by atoms with van der Waals surface area (Å²) in [5.41, 5.74) is 7.26. The molecule has 6 heteroatoms. The third-order valence-corrected chi connectivity index (χ3v) is 6.79. The number of hydrogen-bond acceptors (Lipinski definition) is 3. The number of halogens is 1. The Morgan fingerprint density at radius 2 is 1.70 bits per heavy atom. The number of nitrogens with zero attached hydrogens (tertiary/aromatic N) is 4. The summed E-state index contributed by atoms with van der Waals surface area (Å²) in [5.74, 6) is 0.120. The van der Waals surface area contributed by atoms with Crippen LogP contribution in [0.3, 0.4) is 0 Å². The maximum absolute atomic E-state index is 13.0. The molecule has 168 valence electrons. The lowest BCUT2D eigenvalue weighted by Crippen LogP contribution is -2.48. The van der Waals surface area contributed by atoms with Crippen molar-refractivity contribution in [3.63, 3.8) is 0 Å². The van der Waals surface area contributed by atoms with E-state index in [9.17, 15) is 4.79 Å². The zero-order valence-corrected chi connectivity index (χ0v) is 19.7. The first kappa shape index (κ1) is 21.7. The van der Waals surface area contributed by atoms with Crippen molar-refractivity contribution in [2.45, 2.75) is 20.4 Å². The van der Waals surface area contributed by atoms with Crippen molar-refractivity contribution in [3.05, 3.63) is 94.3 Å². The molecule has 4 aromatic rings. The summed E-state index contributed by atoms with van der Waals surface area (Å²) in [6, 6.07) is 19.9. The van der Waals surface area contributed by atoms with E-state index in [1.165, 1.54) is 5.56 Å². The van der Waals surface area contributed by atoms with Crippen molar-refractivity contribution in [3.8, 4) is 11.3 Å². The lowest BCUT2D eigenvalue weighted by molar-refractivity contribution is 0.0627. The summed E-state index contributed by atoms with van der Waals surface area (Å²) in [7, 11) is 0. The van der Waals surface area contributed by atoms with Crippen LogP contribution in [0.4, 0.5) is 0 Å². The van der Waals surface area contributed by atoms with E-state index in [2.05, 4.69) is 29.3 Å². The van der Waals surface area contributed by atoms with Crippen molar-refractivity contribution in [1.29, 1.82) is 0 Å². The van der Waals surface area contributed by atoms with Crippen LogP contribution in [-0.2, 0) is 6.54 Å². The highest BCUT2D eigenvalue weighted by molar-refractivity contribution is 6.30. The van der Waals surface area contributed by atoms with Gasteiger partial charge in [-0.3, -0.25) is 9.69 Å². The van der Waals surface area contributed by atoms with E-state index in [0.29, 0.717) is 5.02 Å². The lowest BCUT2D eigenvalue weighted by Gasteiger charge is -2.35. The van der Waals surface area contributed by atoms with Crippen molar-refractivity contribution in [2.75, 3.05) is 26.2 Å². The molecule has 2 aromatic carbocycles. The third-order valence-electron chi connectivity index (χ3n) is 6.53. The number of aryl methyl sites for hydroxylation is 2. The molecular weight excluding hydrogens is 432 g/mol. The smallest absolute Gasteiger partial charge is 0.253 e. The van der Waals surface area contributed by atoms with Gasteiger partial charge in [0.05, 0.1) is 11.4 Å². The number of carbonyl (C=O) groups is 1. The molecule has 1 aliphatic heterocycles. The van der Waals surface area contributed by atoms with Gasteiger partial charge in [0.25, 0.3) is 5.91 Å². The highest BCUT2D eigenvalue weighted by Crippen LogP contribution is 2.27. The molecule has 0 saturated carbocycles. The van der Waals surface area contributed by atoms with E-state index in [0.717, 1.165) is 66.4 Å². The second kappa shape index (κ2) is 9.00. The molecule has 0 atom stereocenters. The number of benzene rings is 2. The number of imidazole rings is 1. The molecule has 0 radical (unpaired) electrons. The van der Waals surface area contributed by atoms with E-state index >= 15 is 0 Å². The molecule has 1 aliphatic rings. The second-order valence-electron chi connectivity index (χ2n) is 8.71. The van der Waals surface area contributed by atoms with E-state index in [-0.39, 0.29) is 5.91 Å². The van der Waals surface area contributed by atoms with E-state index < -0.39 is 0 Å². The Balaban J connectivity index is 1.34. The molecule has 0 unspecified atom stereocenters. The average molecular weight is 459 g/mol. The van der Waals surface area contributed by atoms with Crippen LogP contribution in [0.15, 0.2) is 66.9 Å². The summed E-state index contributed by atoms with van der Waals surface area (Å²) < 4.78 is 2.16. The summed E-state index contributed by atoms with van der Waals surface area (Å²) in [6.07, 6.45) is 2.07. The molecule has 1 fully saturated rings. The van der Waals surface area contributed by atoms with E-state index in [1.807, 2.05) is 65.6 Å². The summed E-state index contributed by atoms with van der Waals surface area (Å²) in [4.78, 5) is 22.3. The first-order valence-electron chi connectivity index (χ1n) is 11.3. The molecular formula is C27H27ClN4O. The average Bonchev–Trinajstić information content (AvgIpc) is 3.20. The van der Waals surface area contributed by atoms with Crippen molar-refractivity contribution in [2.24, 2.45) is 0 Å². The van der Waals surface area contributed by atoms with Gasteiger partial charge in [-0.25, -0.2) is 4.98 Å². The molecule has 0 N–H and O–H groups in total. The number of aromatic nitrogens is 2. The Hall–Kier alpha value is -3.15. The first-order valence-corrected chi connectivity index (χ1v) is 11.7. The summed E-state index contributed by atoms with van der Waals surface area (Å²) in [6.45, 7) is 8.00. The Bertz CT molecular complexity index is 1300. The van der Waals surface area contributed by atoms with Crippen molar-refractivity contribution in [1.82, 2.24) is 19.2 Å². The Morgan fingerprint density at radius 3 is 2.42 bits per heavy atom. The number of carbonyl (C=O) groups excluding carboxylic acids is 1. The lowest BCUT2D eigenvalue weighted by atomic mass is 10.1. The van der Waals surface area contributed by atoms with Crippen molar-refractivity contribution >= 4 is 23.2 Å². The van der Waals surface area contributed by atoms with Crippen LogP contribution in [0.2, 0.25) is 5.02 Å². The Morgan fingerprint density at radius 1 is 0.939 bits per heavy atom. The van der Waals surface area contributed by atoms with Gasteiger partial charge in [0.2, 0.25) is 0 Å². The fraction of sp³-hybridized carbons (Fsp3) is 0.259. The molecule has 5 nitrogen and oxygen atoms in total.